The maximum Gasteiger partial charge on any atom is 0.244 e. The first-order valence-corrected chi connectivity index (χ1v) is 6.50. The van der Waals surface area contributed by atoms with Crippen LogP contribution < -0.4 is 5.43 Å². The van der Waals surface area contributed by atoms with E-state index in [1.165, 1.54) is 0 Å². The van der Waals surface area contributed by atoms with Crippen LogP contribution in [0.3, 0.4) is 0 Å². The highest BCUT2D eigenvalue weighted by Crippen LogP contribution is 2.10. The van der Waals surface area contributed by atoms with E-state index in [1.54, 1.807) is 18.6 Å². The zero-order valence-corrected chi connectivity index (χ0v) is 11.7. The van der Waals surface area contributed by atoms with Gasteiger partial charge in [-0.15, -0.1) is 0 Å². The quantitative estimate of drug-likeness (QED) is 0.696. The van der Waals surface area contributed by atoms with Gasteiger partial charge in [0.15, 0.2) is 0 Å². The number of pyridine rings is 1. The number of amides is 1. The molecule has 2 aromatic rings. The number of carbonyl (C=O) groups is 1. The Labute approximate surface area is 119 Å². The van der Waals surface area contributed by atoms with Crippen LogP contribution in [0.25, 0.3) is 0 Å². The lowest BCUT2D eigenvalue weighted by atomic mass is 10.1. The molecule has 1 aromatic carbocycles. The van der Waals surface area contributed by atoms with Crippen LogP contribution in [-0.2, 0) is 11.2 Å². The van der Waals surface area contributed by atoms with Crippen molar-refractivity contribution in [3.8, 4) is 0 Å². The Bertz CT molecular complexity index is 567. The summed E-state index contributed by atoms with van der Waals surface area (Å²) >= 11 is 3.35. The normalized spacial score (nSPS) is 10.6. The van der Waals surface area contributed by atoms with Crippen molar-refractivity contribution in [3.63, 3.8) is 0 Å². The van der Waals surface area contributed by atoms with Gasteiger partial charge in [-0.25, -0.2) is 5.43 Å². The van der Waals surface area contributed by atoms with E-state index in [1.807, 2.05) is 36.4 Å². The Morgan fingerprint density at radius 2 is 1.89 bits per heavy atom. The van der Waals surface area contributed by atoms with Gasteiger partial charge in [-0.2, -0.15) is 5.10 Å². The van der Waals surface area contributed by atoms with Gasteiger partial charge < -0.3 is 0 Å². The summed E-state index contributed by atoms with van der Waals surface area (Å²) in [5.74, 6) is -0.146. The zero-order chi connectivity index (χ0) is 13.5. The van der Waals surface area contributed by atoms with Gasteiger partial charge in [0.25, 0.3) is 0 Å². The van der Waals surface area contributed by atoms with Gasteiger partial charge >= 0.3 is 0 Å². The lowest BCUT2D eigenvalue weighted by Gasteiger charge is -2.00. The highest BCUT2D eigenvalue weighted by atomic mass is 79.9. The molecule has 4 nitrogen and oxygen atoms in total. The van der Waals surface area contributed by atoms with Crippen LogP contribution in [0.5, 0.6) is 0 Å². The minimum absolute atomic E-state index is 0.146. The highest BCUT2D eigenvalue weighted by Gasteiger charge is 2.01. The molecule has 0 aliphatic carbocycles. The number of halogens is 1. The average Bonchev–Trinajstić information content (AvgIpc) is 2.43. The van der Waals surface area contributed by atoms with Crippen molar-refractivity contribution in [2.45, 2.75) is 6.42 Å². The third kappa shape index (κ3) is 4.63. The van der Waals surface area contributed by atoms with Gasteiger partial charge in [0, 0.05) is 16.9 Å². The molecule has 0 saturated carbocycles. The van der Waals surface area contributed by atoms with Gasteiger partial charge in [0.1, 0.15) is 0 Å². The van der Waals surface area contributed by atoms with Gasteiger partial charge in [-0.1, -0.05) is 28.1 Å². The number of hydrogen-bond acceptors (Lipinski definition) is 3. The number of benzene rings is 1. The summed E-state index contributed by atoms with van der Waals surface area (Å²) in [6.45, 7) is 0. The van der Waals surface area contributed by atoms with Crippen LogP contribution in [0, 0.1) is 0 Å². The van der Waals surface area contributed by atoms with Crippen molar-refractivity contribution in [1.82, 2.24) is 10.4 Å². The Morgan fingerprint density at radius 3 is 2.58 bits per heavy atom. The number of hydrogen-bond donors (Lipinski definition) is 1. The van der Waals surface area contributed by atoms with Gasteiger partial charge in [-0.3, -0.25) is 9.78 Å². The molecule has 0 aliphatic heterocycles. The van der Waals surface area contributed by atoms with E-state index in [4.69, 9.17) is 0 Å². The fourth-order valence-electron chi connectivity index (χ4n) is 1.46. The van der Waals surface area contributed by atoms with E-state index in [-0.39, 0.29) is 5.91 Å². The summed E-state index contributed by atoms with van der Waals surface area (Å²) < 4.78 is 0.993. The van der Waals surface area contributed by atoms with E-state index in [9.17, 15) is 4.79 Å². The SMILES string of the molecule is O=C(Cc1ccc(Br)cc1)N/N=C\c1ccncc1. The second-order valence-corrected chi connectivity index (χ2v) is 4.79. The second-order valence-electron chi connectivity index (χ2n) is 3.88. The van der Waals surface area contributed by atoms with Crippen molar-refractivity contribution in [2.24, 2.45) is 5.10 Å². The molecule has 0 spiro atoms. The minimum atomic E-state index is -0.146. The number of nitrogens with zero attached hydrogens (tertiary/aromatic N) is 2. The molecule has 0 unspecified atom stereocenters. The zero-order valence-electron chi connectivity index (χ0n) is 10.1. The first-order chi connectivity index (χ1) is 9.24. The van der Waals surface area contributed by atoms with Crippen LogP contribution in [0.2, 0.25) is 0 Å². The summed E-state index contributed by atoms with van der Waals surface area (Å²) in [6.07, 6.45) is 5.23. The minimum Gasteiger partial charge on any atom is -0.273 e. The van der Waals surface area contributed by atoms with Crippen molar-refractivity contribution in [2.75, 3.05) is 0 Å². The maximum absolute atomic E-state index is 11.6. The molecule has 1 N–H and O–H groups in total. The summed E-state index contributed by atoms with van der Waals surface area (Å²) in [7, 11) is 0. The first-order valence-electron chi connectivity index (χ1n) is 5.70. The molecule has 0 saturated heterocycles. The van der Waals surface area contributed by atoms with Crippen LogP contribution >= 0.6 is 15.9 Å². The Hall–Kier alpha value is -2.01. The standard InChI is InChI=1S/C14H12BrN3O/c15-13-3-1-11(2-4-13)9-14(19)18-17-10-12-5-7-16-8-6-12/h1-8,10H,9H2,(H,18,19)/b17-10-. The van der Waals surface area contributed by atoms with Crippen molar-refractivity contribution >= 4 is 28.1 Å². The summed E-state index contributed by atoms with van der Waals surface area (Å²) in [4.78, 5) is 15.5. The molecular weight excluding hydrogens is 306 g/mol. The number of carbonyl (C=O) groups excluding carboxylic acids is 1. The predicted molar refractivity (Wildman–Crippen MR) is 77.8 cm³/mol. The molecule has 0 fully saturated rings. The molecule has 19 heavy (non-hydrogen) atoms. The fourth-order valence-corrected chi connectivity index (χ4v) is 1.72. The van der Waals surface area contributed by atoms with Crippen molar-refractivity contribution in [3.05, 3.63) is 64.4 Å². The van der Waals surface area contributed by atoms with E-state index in [0.717, 1.165) is 15.6 Å². The summed E-state index contributed by atoms with van der Waals surface area (Å²) in [6, 6.07) is 11.2. The Kier molecular flexibility index (Phi) is 4.80. The number of hydrazone groups is 1. The topological polar surface area (TPSA) is 54.4 Å². The third-order valence-electron chi connectivity index (χ3n) is 2.39. The molecule has 0 bridgehead atoms. The average molecular weight is 318 g/mol. The molecule has 0 atom stereocenters. The highest BCUT2D eigenvalue weighted by molar-refractivity contribution is 9.10. The maximum atomic E-state index is 11.6. The number of aromatic nitrogens is 1. The predicted octanol–water partition coefficient (Wildman–Crippen LogP) is 2.54. The molecule has 5 heteroatoms. The molecule has 0 aliphatic rings. The molecular formula is C14H12BrN3O. The van der Waals surface area contributed by atoms with Gasteiger partial charge in [0.2, 0.25) is 5.91 Å². The van der Waals surface area contributed by atoms with Crippen molar-refractivity contribution < 1.29 is 4.79 Å². The third-order valence-corrected chi connectivity index (χ3v) is 2.92. The smallest absolute Gasteiger partial charge is 0.244 e. The largest absolute Gasteiger partial charge is 0.273 e. The summed E-state index contributed by atoms with van der Waals surface area (Å²) in [5, 5.41) is 3.89. The van der Waals surface area contributed by atoms with Crippen LogP contribution in [0.1, 0.15) is 11.1 Å². The molecule has 1 heterocycles. The molecule has 2 rings (SSSR count). The molecule has 96 valence electrons. The monoisotopic (exact) mass is 317 g/mol. The summed E-state index contributed by atoms with van der Waals surface area (Å²) in [5.41, 5.74) is 4.32. The Balaban J connectivity index is 1.85. The second kappa shape index (κ2) is 6.80. The van der Waals surface area contributed by atoms with Crippen LogP contribution in [-0.4, -0.2) is 17.1 Å². The number of nitrogens with one attached hydrogen (secondary N) is 1. The molecule has 1 amide bonds. The van der Waals surface area contributed by atoms with Gasteiger partial charge in [0.05, 0.1) is 12.6 Å². The van der Waals surface area contributed by atoms with E-state index >= 15 is 0 Å². The van der Waals surface area contributed by atoms with E-state index < -0.39 is 0 Å². The molecule has 0 radical (unpaired) electrons. The van der Waals surface area contributed by atoms with Gasteiger partial charge in [-0.05, 0) is 35.4 Å². The lowest BCUT2D eigenvalue weighted by molar-refractivity contribution is -0.120. The number of rotatable bonds is 4. The lowest BCUT2D eigenvalue weighted by Crippen LogP contribution is -2.19. The van der Waals surface area contributed by atoms with Crippen molar-refractivity contribution in [1.29, 1.82) is 0 Å². The van der Waals surface area contributed by atoms with E-state index in [0.29, 0.717) is 6.42 Å². The van der Waals surface area contributed by atoms with Crippen LogP contribution in [0.15, 0.2) is 58.4 Å². The van der Waals surface area contributed by atoms with E-state index in [2.05, 4.69) is 31.4 Å². The fraction of sp³-hybridized carbons (Fsp3) is 0.0714. The Morgan fingerprint density at radius 1 is 1.21 bits per heavy atom. The first kappa shape index (κ1) is 13.4. The van der Waals surface area contributed by atoms with Crippen LogP contribution in [0.4, 0.5) is 0 Å². The molecule has 1 aromatic heterocycles.